The molecular weight excluding hydrogens is 196 g/mol. The van der Waals surface area contributed by atoms with Gasteiger partial charge in [-0.15, -0.1) is 0 Å². The van der Waals surface area contributed by atoms with E-state index in [9.17, 15) is 8.42 Å². The maximum atomic E-state index is 11.6. The van der Waals surface area contributed by atoms with E-state index in [4.69, 9.17) is 0 Å². The smallest absolute Gasteiger partial charge is 0.154 e. The molecule has 2 nitrogen and oxygen atoms in total. The number of aryl methyl sites for hydroxylation is 1. The predicted octanol–water partition coefficient (Wildman–Crippen LogP) is 2.32. The van der Waals surface area contributed by atoms with Crippen LogP contribution >= 0.6 is 0 Å². The number of rotatable bonds is 4. The molecule has 0 atom stereocenters. The second-order valence-corrected chi connectivity index (χ2v) is 5.70. The molecule has 14 heavy (non-hydrogen) atoms. The summed E-state index contributed by atoms with van der Waals surface area (Å²) in [4.78, 5) is 0. The van der Waals surface area contributed by atoms with Gasteiger partial charge >= 0.3 is 0 Å². The Morgan fingerprint density at radius 3 is 2.43 bits per heavy atom. The molecule has 1 rings (SSSR count). The molecule has 0 spiro atoms. The van der Waals surface area contributed by atoms with Crippen LogP contribution in [0.2, 0.25) is 0 Å². The highest BCUT2D eigenvalue weighted by Crippen LogP contribution is 2.12. The Labute approximate surface area is 85.9 Å². The Hall–Kier alpha value is -0.830. The van der Waals surface area contributed by atoms with Crippen LogP contribution in [0.15, 0.2) is 24.3 Å². The molecule has 3 heteroatoms. The van der Waals surface area contributed by atoms with Gasteiger partial charge in [0.15, 0.2) is 9.84 Å². The fourth-order valence-corrected chi connectivity index (χ4v) is 2.96. The molecule has 0 N–H and O–H groups in total. The molecule has 0 aromatic heterocycles. The minimum Gasteiger partial charge on any atom is -0.228 e. The predicted molar refractivity (Wildman–Crippen MR) is 59.0 cm³/mol. The summed E-state index contributed by atoms with van der Waals surface area (Å²) in [6, 6.07) is 7.62. The quantitative estimate of drug-likeness (QED) is 0.767. The van der Waals surface area contributed by atoms with Gasteiger partial charge in [0.2, 0.25) is 0 Å². The molecule has 0 bridgehead atoms. The maximum absolute atomic E-state index is 11.6. The van der Waals surface area contributed by atoms with Crippen molar-refractivity contribution >= 4 is 9.84 Å². The second-order valence-electron chi connectivity index (χ2n) is 3.52. The normalized spacial score (nSPS) is 11.6. The number of sulfone groups is 1. The van der Waals surface area contributed by atoms with Gasteiger partial charge in [0.1, 0.15) is 0 Å². The zero-order valence-corrected chi connectivity index (χ0v) is 9.47. The molecule has 0 saturated carbocycles. The molecule has 0 unspecified atom stereocenters. The summed E-state index contributed by atoms with van der Waals surface area (Å²) >= 11 is 0. The summed E-state index contributed by atoms with van der Waals surface area (Å²) < 4.78 is 23.1. The minimum atomic E-state index is -2.91. The zero-order chi connectivity index (χ0) is 10.6. The number of hydrogen-bond acceptors (Lipinski definition) is 2. The first-order chi connectivity index (χ1) is 6.55. The molecular formula is C11H16O2S. The third-order valence-electron chi connectivity index (χ3n) is 2.15. The van der Waals surface area contributed by atoms with Gasteiger partial charge in [-0.2, -0.15) is 0 Å². The lowest BCUT2D eigenvalue weighted by Crippen LogP contribution is -2.09. The molecule has 0 saturated heterocycles. The summed E-state index contributed by atoms with van der Waals surface area (Å²) in [5.74, 6) is 0.453. The van der Waals surface area contributed by atoms with E-state index >= 15 is 0 Å². The van der Waals surface area contributed by atoms with Crippen LogP contribution in [-0.4, -0.2) is 14.2 Å². The van der Waals surface area contributed by atoms with Crippen LogP contribution in [0.25, 0.3) is 0 Å². The van der Waals surface area contributed by atoms with Gasteiger partial charge in [-0.3, -0.25) is 0 Å². The lowest BCUT2D eigenvalue weighted by Gasteiger charge is -2.05. The molecule has 0 aliphatic carbocycles. The first-order valence-corrected chi connectivity index (χ1v) is 6.62. The van der Waals surface area contributed by atoms with Gasteiger partial charge in [-0.25, -0.2) is 8.42 Å². The average molecular weight is 212 g/mol. The molecule has 0 heterocycles. The van der Waals surface area contributed by atoms with E-state index in [0.717, 1.165) is 11.1 Å². The molecule has 0 amide bonds. The first kappa shape index (κ1) is 11.2. The maximum Gasteiger partial charge on any atom is 0.154 e. The first-order valence-electron chi connectivity index (χ1n) is 4.80. The van der Waals surface area contributed by atoms with Crippen molar-refractivity contribution in [3.05, 3.63) is 35.4 Å². The lowest BCUT2D eigenvalue weighted by atomic mass is 10.1. The summed E-state index contributed by atoms with van der Waals surface area (Å²) in [6.45, 7) is 3.83. The summed E-state index contributed by atoms with van der Waals surface area (Å²) in [5.41, 5.74) is 1.97. The Kier molecular flexibility index (Phi) is 3.69. The van der Waals surface area contributed by atoms with Crippen molar-refractivity contribution in [3.63, 3.8) is 0 Å². The Morgan fingerprint density at radius 1 is 1.21 bits per heavy atom. The van der Waals surface area contributed by atoms with Gasteiger partial charge in [-0.05, 0) is 24.5 Å². The van der Waals surface area contributed by atoms with Gasteiger partial charge in [0.25, 0.3) is 0 Å². The van der Waals surface area contributed by atoms with Crippen LogP contribution in [-0.2, 0) is 15.6 Å². The Balaban J connectivity index is 2.84. The van der Waals surface area contributed by atoms with Crippen molar-refractivity contribution in [1.82, 2.24) is 0 Å². The van der Waals surface area contributed by atoms with Crippen molar-refractivity contribution < 1.29 is 8.42 Å². The fraction of sp³-hybridized carbons (Fsp3) is 0.455. The van der Waals surface area contributed by atoms with E-state index in [1.165, 1.54) is 0 Å². The second kappa shape index (κ2) is 4.60. The largest absolute Gasteiger partial charge is 0.228 e. The van der Waals surface area contributed by atoms with Gasteiger partial charge < -0.3 is 0 Å². The van der Waals surface area contributed by atoms with E-state index in [0.29, 0.717) is 6.42 Å². The van der Waals surface area contributed by atoms with E-state index < -0.39 is 9.84 Å². The topological polar surface area (TPSA) is 34.1 Å². The van der Waals surface area contributed by atoms with Gasteiger partial charge in [-0.1, -0.05) is 31.2 Å². The van der Waals surface area contributed by atoms with Crippen LogP contribution in [0, 0.1) is 6.92 Å². The van der Waals surface area contributed by atoms with Crippen molar-refractivity contribution in [3.8, 4) is 0 Å². The molecule has 78 valence electrons. The van der Waals surface area contributed by atoms with E-state index in [1.807, 2.05) is 38.1 Å². The molecule has 0 fully saturated rings. The SMILES string of the molecule is CCCS(=O)(=O)Cc1ccccc1C. The molecule has 1 aromatic carbocycles. The molecule has 1 aromatic rings. The van der Waals surface area contributed by atoms with Crippen molar-refractivity contribution in [2.24, 2.45) is 0 Å². The highest BCUT2D eigenvalue weighted by atomic mass is 32.2. The van der Waals surface area contributed by atoms with E-state index in [1.54, 1.807) is 0 Å². The van der Waals surface area contributed by atoms with Crippen LogP contribution in [0.4, 0.5) is 0 Å². The van der Waals surface area contributed by atoms with Crippen LogP contribution in [0.1, 0.15) is 24.5 Å². The molecule has 0 aliphatic rings. The van der Waals surface area contributed by atoms with Crippen molar-refractivity contribution in [2.45, 2.75) is 26.0 Å². The summed E-state index contributed by atoms with van der Waals surface area (Å²) in [5, 5.41) is 0. The van der Waals surface area contributed by atoms with Crippen LogP contribution < -0.4 is 0 Å². The number of hydrogen-bond donors (Lipinski definition) is 0. The highest BCUT2D eigenvalue weighted by molar-refractivity contribution is 7.90. The fourth-order valence-electron chi connectivity index (χ4n) is 1.39. The van der Waals surface area contributed by atoms with E-state index in [2.05, 4.69) is 0 Å². The minimum absolute atomic E-state index is 0.174. The molecule has 0 radical (unpaired) electrons. The van der Waals surface area contributed by atoms with Gasteiger partial charge in [0.05, 0.1) is 11.5 Å². The zero-order valence-electron chi connectivity index (χ0n) is 8.66. The summed E-state index contributed by atoms with van der Waals surface area (Å²) in [7, 11) is -2.91. The van der Waals surface area contributed by atoms with Crippen molar-refractivity contribution in [1.29, 1.82) is 0 Å². The standard InChI is InChI=1S/C11H16O2S/c1-3-8-14(12,13)9-11-7-5-4-6-10(11)2/h4-7H,3,8-9H2,1-2H3. The average Bonchev–Trinajstić information content (AvgIpc) is 2.08. The van der Waals surface area contributed by atoms with Crippen LogP contribution in [0.5, 0.6) is 0 Å². The Bertz CT molecular complexity index is 394. The van der Waals surface area contributed by atoms with Gasteiger partial charge in [0, 0.05) is 0 Å². The van der Waals surface area contributed by atoms with Crippen molar-refractivity contribution in [2.75, 3.05) is 5.75 Å². The van der Waals surface area contributed by atoms with Crippen LogP contribution in [0.3, 0.4) is 0 Å². The third kappa shape index (κ3) is 3.14. The molecule has 0 aliphatic heterocycles. The van der Waals surface area contributed by atoms with E-state index in [-0.39, 0.29) is 11.5 Å². The number of benzene rings is 1. The highest BCUT2D eigenvalue weighted by Gasteiger charge is 2.11. The third-order valence-corrected chi connectivity index (χ3v) is 3.93. The summed E-state index contributed by atoms with van der Waals surface area (Å²) in [6.07, 6.45) is 0.689. The lowest BCUT2D eigenvalue weighted by molar-refractivity contribution is 0.594. The monoisotopic (exact) mass is 212 g/mol. The Morgan fingerprint density at radius 2 is 1.86 bits per heavy atom.